The van der Waals surface area contributed by atoms with Crippen molar-refractivity contribution in [1.82, 2.24) is 0 Å². The van der Waals surface area contributed by atoms with Gasteiger partial charge in [-0.1, -0.05) is 18.2 Å². The van der Waals surface area contributed by atoms with E-state index in [0.717, 1.165) is 13.0 Å². The van der Waals surface area contributed by atoms with Crippen molar-refractivity contribution in [3.8, 4) is 0 Å². The Kier molecular flexibility index (Phi) is 2.93. The number of aliphatic hydroxyl groups excluding tert-OH is 1. The van der Waals surface area contributed by atoms with Crippen LogP contribution in [0.1, 0.15) is 12.5 Å². The van der Waals surface area contributed by atoms with Gasteiger partial charge in [-0.25, -0.2) is 0 Å². The Labute approximate surface area is 90.5 Å². The van der Waals surface area contributed by atoms with E-state index in [1.54, 1.807) is 0 Å². The third-order valence-corrected chi connectivity index (χ3v) is 3.01. The first-order valence-corrected chi connectivity index (χ1v) is 5.43. The standard InChI is InChI=1S/C12H18N2O/c1-9-6-10-4-2-3-5-12(10)14(9)7-11(13)8-15/h2-5,9,11,15H,6-8,13H2,1H3. The van der Waals surface area contributed by atoms with Crippen LogP contribution >= 0.6 is 0 Å². The Morgan fingerprint density at radius 1 is 1.53 bits per heavy atom. The molecule has 1 heterocycles. The maximum Gasteiger partial charge on any atom is 0.0599 e. The summed E-state index contributed by atoms with van der Waals surface area (Å²) >= 11 is 0. The number of nitrogens with zero attached hydrogens (tertiary/aromatic N) is 1. The zero-order chi connectivity index (χ0) is 10.8. The van der Waals surface area contributed by atoms with Gasteiger partial charge in [0.2, 0.25) is 0 Å². The van der Waals surface area contributed by atoms with E-state index >= 15 is 0 Å². The molecule has 3 N–H and O–H groups in total. The monoisotopic (exact) mass is 206 g/mol. The number of rotatable bonds is 3. The van der Waals surface area contributed by atoms with Gasteiger partial charge in [-0.15, -0.1) is 0 Å². The molecule has 0 aromatic heterocycles. The highest BCUT2D eigenvalue weighted by Crippen LogP contribution is 2.31. The second kappa shape index (κ2) is 4.21. The van der Waals surface area contributed by atoms with Crippen molar-refractivity contribution in [3.05, 3.63) is 29.8 Å². The lowest BCUT2D eigenvalue weighted by atomic mass is 10.1. The summed E-state index contributed by atoms with van der Waals surface area (Å²) in [6.45, 7) is 2.98. The van der Waals surface area contributed by atoms with Gasteiger partial charge in [0.1, 0.15) is 0 Å². The predicted octanol–water partition coefficient (Wildman–Crippen LogP) is 0.757. The molecule has 2 unspecified atom stereocenters. The van der Waals surface area contributed by atoms with Crippen LogP contribution in [0.25, 0.3) is 0 Å². The molecule has 0 amide bonds. The summed E-state index contributed by atoms with van der Waals surface area (Å²) in [5.74, 6) is 0. The first-order chi connectivity index (χ1) is 7.22. The highest BCUT2D eigenvalue weighted by atomic mass is 16.3. The molecule has 2 rings (SSSR count). The first-order valence-electron chi connectivity index (χ1n) is 5.43. The van der Waals surface area contributed by atoms with Crippen molar-refractivity contribution >= 4 is 5.69 Å². The molecule has 1 aliphatic heterocycles. The number of fused-ring (bicyclic) bond motifs is 1. The fourth-order valence-electron chi connectivity index (χ4n) is 2.22. The summed E-state index contributed by atoms with van der Waals surface area (Å²) < 4.78 is 0. The topological polar surface area (TPSA) is 49.5 Å². The van der Waals surface area contributed by atoms with Crippen molar-refractivity contribution in [2.75, 3.05) is 18.1 Å². The van der Waals surface area contributed by atoms with Crippen molar-refractivity contribution < 1.29 is 5.11 Å². The van der Waals surface area contributed by atoms with Gasteiger partial charge in [0, 0.05) is 24.3 Å². The molecule has 1 aromatic rings. The van der Waals surface area contributed by atoms with Crippen molar-refractivity contribution in [2.24, 2.45) is 5.73 Å². The lowest BCUT2D eigenvalue weighted by molar-refractivity contribution is 0.265. The van der Waals surface area contributed by atoms with E-state index in [2.05, 4.69) is 30.0 Å². The lowest BCUT2D eigenvalue weighted by Crippen LogP contribution is -2.42. The van der Waals surface area contributed by atoms with Gasteiger partial charge in [-0.2, -0.15) is 0 Å². The fraction of sp³-hybridized carbons (Fsp3) is 0.500. The summed E-state index contributed by atoms with van der Waals surface area (Å²) in [4.78, 5) is 2.29. The van der Waals surface area contributed by atoms with Gasteiger partial charge in [0.05, 0.1) is 6.61 Å². The summed E-state index contributed by atoms with van der Waals surface area (Å²) in [5.41, 5.74) is 8.44. The minimum Gasteiger partial charge on any atom is -0.395 e. The van der Waals surface area contributed by atoms with Crippen LogP contribution in [-0.2, 0) is 6.42 Å². The zero-order valence-corrected chi connectivity index (χ0v) is 9.06. The molecular weight excluding hydrogens is 188 g/mol. The number of nitrogens with two attached hydrogens (primary N) is 1. The first kappa shape index (κ1) is 10.5. The van der Waals surface area contributed by atoms with Crippen molar-refractivity contribution in [2.45, 2.75) is 25.4 Å². The molecule has 1 aromatic carbocycles. The largest absolute Gasteiger partial charge is 0.395 e. The molecule has 2 atom stereocenters. The molecular formula is C12H18N2O. The van der Waals surface area contributed by atoms with E-state index < -0.39 is 0 Å². The van der Waals surface area contributed by atoms with Gasteiger partial charge in [-0.05, 0) is 25.0 Å². The van der Waals surface area contributed by atoms with E-state index in [1.807, 2.05) is 6.07 Å². The third-order valence-electron chi connectivity index (χ3n) is 3.01. The molecule has 15 heavy (non-hydrogen) atoms. The summed E-state index contributed by atoms with van der Waals surface area (Å²) in [6, 6.07) is 8.74. The minimum absolute atomic E-state index is 0.0470. The van der Waals surface area contributed by atoms with E-state index in [9.17, 15) is 0 Å². The smallest absolute Gasteiger partial charge is 0.0599 e. The maximum absolute atomic E-state index is 8.98. The molecule has 3 heteroatoms. The number of para-hydroxylation sites is 1. The Bertz CT molecular complexity index is 340. The van der Waals surface area contributed by atoms with Crippen LogP contribution in [-0.4, -0.2) is 30.3 Å². The van der Waals surface area contributed by atoms with Crippen LogP contribution in [0.3, 0.4) is 0 Å². The number of anilines is 1. The number of aliphatic hydroxyl groups is 1. The van der Waals surface area contributed by atoms with Gasteiger partial charge < -0.3 is 15.7 Å². The second-order valence-electron chi connectivity index (χ2n) is 4.28. The van der Waals surface area contributed by atoms with E-state index in [1.165, 1.54) is 11.3 Å². The lowest BCUT2D eigenvalue weighted by Gasteiger charge is -2.27. The number of hydrogen-bond donors (Lipinski definition) is 2. The average Bonchev–Trinajstić information content (AvgIpc) is 2.55. The van der Waals surface area contributed by atoms with E-state index in [-0.39, 0.29) is 12.6 Å². The van der Waals surface area contributed by atoms with Crippen molar-refractivity contribution in [3.63, 3.8) is 0 Å². The fourth-order valence-corrected chi connectivity index (χ4v) is 2.22. The van der Waals surface area contributed by atoms with Gasteiger partial charge >= 0.3 is 0 Å². The van der Waals surface area contributed by atoms with Crippen LogP contribution in [0, 0.1) is 0 Å². The Balaban J connectivity index is 2.18. The average molecular weight is 206 g/mol. The van der Waals surface area contributed by atoms with Crippen LogP contribution in [0.15, 0.2) is 24.3 Å². The van der Waals surface area contributed by atoms with Crippen molar-refractivity contribution in [1.29, 1.82) is 0 Å². The summed E-state index contributed by atoms with van der Waals surface area (Å²) in [6.07, 6.45) is 1.08. The predicted molar refractivity (Wildman–Crippen MR) is 62.0 cm³/mol. The zero-order valence-electron chi connectivity index (χ0n) is 9.06. The van der Waals surface area contributed by atoms with Crippen LogP contribution < -0.4 is 10.6 Å². The molecule has 0 aliphatic carbocycles. The van der Waals surface area contributed by atoms with Crippen LogP contribution in [0.4, 0.5) is 5.69 Å². The van der Waals surface area contributed by atoms with Gasteiger partial charge in [-0.3, -0.25) is 0 Å². The molecule has 3 nitrogen and oxygen atoms in total. The Hall–Kier alpha value is -1.06. The van der Waals surface area contributed by atoms with E-state index in [4.69, 9.17) is 10.8 Å². The quantitative estimate of drug-likeness (QED) is 0.767. The molecule has 0 saturated heterocycles. The molecule has 0 radical (unpaired) electrons. The molecule has 0 bridgehead atoms. The van der Waals surface area contributed by atoms with Gasteiger partial charge in [0.25, 0.3) is 0 Å². The van der Waals surface area contributed by atoms with Crippen LogP contribution in [0.5, 0.6) is 0 Å². The molecule has 82 valence electrons. The van der Waals surface area contributed by atoms with E-state index in [0.29, 0.717) is 6.04 Å². The normalized spacial score (nSPS) is 21.5. The van der Waals surface area contributed by atoms with Gasteiger partial charge in [0.15, 0.2) is 0 Å². The molecule has 0 saturated carbocycles. The second-order valence-corrected chi connectivity index (χ2v) is 4.28. The maximum atomic E-state index is 8.98. The number of benzene rings is 1. The highest BCUT2D eigenvalue weighted by Gasteiger charge is 2.26. The minimum atomic E-state index is -0.154. The summed E-state index contributed by atoms with van der Waals surface area (Å²) in [7, 11) is 0. The molecule has 0 spiro atoms. The van der Waals surface area contributed by atoms with Crippen LogP contribution in [0.2, 0.25) is 0 Å². The Morgan fingerprint density at radius 2 is 2.27 bits per heavy atom. The highest BCUT2D eigenvalue weighted by molar-refractivity contribution is 5.59. The Morgan fingerprint density at radius 3 is 3.00 bits per heavy atom. The molecule has 1 aliphatic rings. The molecule has 0 fully saturated rings. The number of hydrogen-bond acceptors (Lipinski definition) is 3. The third kappa shape index (κ3) is 1.98. The summed E-state index contributed by atoms with van der Waals surface area (Å²) in [5, 5.41) is 8.98. The SMILES string of the molecule is CC1Cc2ccccc2N1CC(N)CO.